The summed E-state index contributed by atoms with van der Waals surface area (Å²) in [4.78, 5) is 0. The predicted molar refractivity (Wildman–Crippen MR) is 98.5 cm³/mol. The minimum absolute atomic E-state index is 0.517. The average Bonchev–Trinajstić information content (AvgIpc) is 3.03. The van der Waals surface area contributed by atoms with Crippen LogP contribution in [-0.2, 0) is 17.1 Å². The molecule has 1 aromatic carbocycles. The number of nitrogens with two attached hydrogens (primary N) is 1. The summed E-state index contributed by atoms with van der Waals surface area (Å²) in [5, 5.41) is 11.9. The van der Waals surface area contributed by atoms with Gasteiger partial charge in [-0.15, -0.1) is 0 Å². The van der Waals surface area contributed by atoms with E-state index in [1.807, 2.05) is 29.0 Å². The number of sulfonamides is 1. The smallest absolute Gasteiger partial charge is 0.231 e. The minimum Gasteiger partial charge on any atom is -0.495 e. The summed E-state index contributed by atoms with van der Waals surface area (Å²) < 4.78 is 31.4. The van der Waals surface area contributed by atoms with Crippen LogP contribution in [0.5, 0.6) is 5.75 Å². The van der Waals surface area contributed by atoms with Gasteiger partial charge in [0.25, 0.3) is 0 Å². The number of ether oxygens (including phenoxy) is 1. The van der Waals surface area contributed by atoms with Gasteiger partial charge in [-0.3, -0.25) is 4.68 Å². The molecule has 0 spiro atoms. The van der Waals surface area contributed by atoms with Gasteiger partial charge in [0.15, 0.2) is 0 Å². The van der Waals surface area contributed by atoms with E-state index in [0.29, 0.717) is 27.8 Å². The van der Waals surface area contributed by atoms with Gasteiger partial charge in [0, 0.05) is 35.7 Å². The number of fused-ring (bicyclic) bond motifs is 1. The van der Waals surface area contributed by atoms with Crippen LogP contribution in [-0.4, -0.2) is 29.9 Å². The monoisotopic (exact) mass is 380 g/mol. The van der Waals surface area contributed by atoms with Gasteiger partial charge in [-0.25, -0.2) is 13.6 Å². The normalized spacial score (nSPS) is 12.4. The molecule has 0 aliphatic carbocycles. The summed E-state index contributed by atoms with van der Waals surface area (Å²) in [5.74, 6) is 1.26. The minimum atomic E-state index is -3.74. The van der Waals surface area contributed by atoms with Crippen LogP contribution in [0.3, 0.4) is 0 Å². The first kappa shape index (κ1) is 17.5. The molecule has 2 aromatic heterocycles. The van der Waals surface area contributed by atoms with Gasteiger partial charge < -0.3 is 9.30 Å². The number of hydrogen-bond acceptors (Lipinski definition) is 4. The third-order valence-corrected chi connectivity index (χ3v) is 4.66. The van der Waals surface area contributed by atoms with Crippen molar-refractivity contribution in [2.45, 2.75) is 6.92 Å². The maximum absolute atomic E-state index is 11.3. The maximum atomic E-state index is 11.3. The topological polar surface area (TPSA) is 92.1 Å². The van der Waals surface area contributed by atoms with Crippen molar-refractivity contribution in [3.8, 4) is 11.6 Å². The molecule has 0 aliphatic rings. The van der Waals surface area contributed by atoms with Gasteiger partial charge in [-0.2, -0.15) is 5.10 Å². The van der Waals surface area contributed by atoms with Gasteiger partial charge in [-0.1, -0.05) is 11.6 Å². The number of hydrogen-bond donors (Lipinski definition) is 1. The molecular formula is C16H17ClN4O3S. The van der Waals surface area contributed by atoms with Crippen molar-refractivity contribution in [1.82, 2.24) is 14.3 Å². The summed E-state index contributed by atoms with van der Waals surface area (Å²) in [6.07, 6.45) is 3.32. The van der Waals surface area contributed by atoms with Crippen LogP contribution in [0.2, 0.25) is 5.02 Å². The fourth-order valence-electron chi connectivity index (χ4n) is 2.78. The molecule has 3 aromatic rings. The van der Waals surface area contributed by atoms with Crippen molar-refractivity contribution < 1.29 is 13.2 Å². The highest BCUT2D eigenvalue weighted by molar-refractivity contribution is 7.92. The molecule has 2 N–H and O–H groups in total. The van der Waals surface area contributed by atoms with Crippen molar-refractivity contribution in [2.75, 3.05) is 7.11 Å². The third kappa shape index (κ3) is 3.28. The number of benzene rings is 1. The molecule has 0 fully saturated rings. The van der Waals surface area contributed by atoms with Crippen LogP contribution < -0.4 is 9.88 Å². The van der Waals surface area contributed by atoms with E-state index in [0.717, 1.165) is 16.3 Å². The fraction of sp³-hybridized carbons (Fsp3) is 0.188. The van der Waals surface area contributed by atoms with E-state index in [1.165, 1.54) is 6.08 Å². The molecule has 25 heavy (non-hydrogen) atoms. The molecule has 3 rings (SSSR count). The molecule has 0 unspecified atom stereocenters. The van der Waals surface area contributed by atoms with Crippen LogP contribution in [0.25, 0.3) is 22.8 Å². The standard InChI is InChI=1S/C16H17ClN4O3S/c1-10-12(5-7-25(18,22)23)16(20(2)19-10)21-6-4-11-8-13(17)15(24-3)9-14(11)21/h4-9H,1-3H3,(H2,18,22,23)/b7-5+. The number of rotatable bonds is 4. The molecule has 0 aliphatic heterocycles. The van der Waals surface area contributed by atoms with Crippen LogP contribution in [0, 0.1) is 6.92 Å². The lowest BCUT2D eigenvalue weighted by molar-refractivity contribution is 0.415. The Morgan fingerprint density at radius 3 is 2.72 bits per heavy atom. The number of primary sulfonamides is 1. The Balaban J connectivity index is 2.27. The lowest BCUT2D eigenvalue weighted by Crippen LogP contribution is -2.07. The summed E-state index contributed by atoms with van der Waals surface area (Å²) >= 11 is 6.18. The van der Waals surface area contributed by atoms with Crippen LogP contribution in [0.1, 0.15) is 11.3 Å². The van der Waals surface area contributed by atoms with Crippen molar-refractivity contribution in [1.29, 1.82) is 0 Å². The van der Waals surface area contributed by atoms with E-state index in [2.05, 4.69) is 5.10 Å². The Kier molecular flexibility index (Phi) is 4.36. The molecule has 0 bridgehead atoms. The van der Waals surface area contributed by atoms with Crippen molar-refractivity contribution in [3.63, 3.8) is 0 Å². The van der Waals surface area contributed by atoms with Crippen molar-refractivity contribution in [3.05, 3.63) is 46.1 Å². The lowest BCUT2D eigenvalue weighted by atomic mass is 10.2. The highest BCUT2D eigenvalue weighted by Crippen LogP contribution is 2.33. The van der Waals surface area contributed by atoms with E-state index in [9.17, 15) is 8.42 Å². The second-order valence-corrected chi connectivity index (χ2v) is 7.43. The van der Waals surface area contributed by atoms with Gasteiger partial charge in [0.2, 0.25) is 10.0 Å². The number of methoxy groups -OCH3 is 1. The first-order valence-electron chi connectivity index (χ1n) is 7.30. The van der Waals surface area contributed by atoms with Crippen LogP contribution in [0.4, 0.5) is 0 Å². The van der Waals surface area contributed by atoms with Gasteiger partial charge in [0.1, 0.15) is 11.6 Å². The molecule has 7 nitrogen and oxygen atoms in total. The summed E-state index contributed by atoms with van der Waals surface area (Å²) in [6, 6.07) is 5.55. The molecule has 2 heterocycles. The molecule has 132 valence electrons. The lowest BCUT2D eigenvalue weighted by Gasteiger charge is -2.09. The zero-order valence-electron chi connectivity index (χ0n) is 13.9. The van der Waals surface area contributed by atoms with E-state index >= 15 is 0 Å². The highest BCUT2D eigenvalue weighted by atomic mass is 35.5. The van der Waals surface area contributed by atoms with E-state index < -0.39 is 10.0 Å². The zero-order chi connectivity index (χ0) is 18.4. The van der Waals surface area contributed by atoms with Crippen LogP contribution in [0.15, 0.2) is 29.8 Å². The first-order chi connectivity index (χ1) is 11.7. The second kappa shape index (κ2) is 6.21. The van der Waals surface area contributed by atoms with E-state index in [-0.39, 0.29) is 0 Å². The Hall–Kier alpha value is -2.29. The molecule has 9 heteroatoms. The van der Waals surface area contributed by atoms with Crippen molar-refractivity contribution >= 4 is 38.6 Å². The summed E-state index contributed by atoms with van der Waals surface area (Å²) in [6.45, 7) is 1.80. The third-order valence-electron chi connectivity index (χ3n) is 3.85. The molecule has 0 atom stereocenters. The number of halogens is 1. The Bertz CT molecular complexity index is 1100. The van der Waals surface area contributed by atoms with Gasteiger partial charge in [0.05, 0.1) is 23.3 Å². The summed E-state index contributed by atoms with van der Waals surface area (Å²) in [7, 11) is -0.401. The number of nitrogens with zero attached hydrogens (tertiary/aromatic N) is 3. The molecule has 0 saturated heterocycles. The first-order valence-corrected chi connectivity index (χ1v) is 9.29. The molecule has 0 amide bonds. The Labute approximate surface area is 150 Å². The number of aromatic nitrogens is 3. The molecule has 0 radical (unpaired) electrons. The highest BCUT2D eigenvalue weighted by Gasteiger charge is 2.16. The number of aryl methyl sites for hydroxylation is 2. The van der Waals surface area contributed by atoms with E-state index in [1.54, 1.807) is 25.8 Å². The zero-order valence-corrected chi connectivity index (χ0v) is 15.5. The van der Waals surface area contributed by atoms with Crippen molar-refractivity contribution in [2.24, 2.45) is 12.2 Å². The van der Waals surface area contributed by atoms with Gasteiger partial charge >= 0.3 is 0 Å². The predicted octanol–water partition coefficient (Wildman–Crippen LogP) is 2.59. The summed E-state index contributed by atoms with van der Waals surface area (Å²) in [5.41, 5.74) is 2.19. The Morgan fingerprint density at radius 1 is 1.36 bits per heavy atom. The van der Waals surface area contributed by atoms with Crippen LogP contribution >= 0.6 is 11.6 Å². The average molecular weight is 381 g/mol. The quantitative estimate of drug-likeness (QED) is 0.752. The van der Waals surface area contributed by atoms with Gasteiger partial charge in [-0.05, 0) is 25.1 Å². The fourth-order valence-corrected chi connectivity index (χ4v) is 3.36. The molecular weight excluding hydrogens is 364 g/mol. The largest absolute Gasteiger partial charge is 0.495 e. The second-order valence-electron chi connectivity index (χ2n) is 5.57. The SMILES string of the molecule is COc1cc2c(ccn2-c2c(/C=C/S(N)(=O)=O)c(C)nn2C)cc1Cl. The molecule has 0 saturated carbocycles. The van der Waals surface area contributed by atoms with E-state index in [4.69, 9.17) is 21.5 Å². The Morgan fingerprint density at radius 2 is 2.08 bits per heavy atom. The maximum Gasteiger partial charge on any atom is 0.231 e.